The molecule has 0 bridgehead atoms. The summed E-state index contributed by atoms with van der Waals surface area (Å²) in [4.78, 5) is 37.6. The number of carbonyl (C=O) groups excluding carboxylic acids is 3. The van der Waals surface area contributed by atoms with Crippen LogP contribution in [0.25, 0.3) is 0 Å². The number of hydrogen-bond acceptors (Lipinski definition) is 6. The first-order chi connectivity index (χ1) is 27.5. The average Bonchev–Trinajstić information content (AvgIpc) is 3.19. The van der Waals surface area contributed by atoms with E-state index in [-0.39, 0.29) is 31.1 Å². The summed E-state index contributed by atoms with van der Waals surface area (Å²) in [7, 11) is 0. The molecule has 1 atom stereocenters. The van der Waals surface area contributed by atoms with Crippen LogP contribution in [0.3, 0.4) is 0 Å². The van der Waals surface area contributed by atoms with Gasteiger partial charge < -0.3 is 14.2 Å². The normalized spacial score (nSPS) is 12.7. The number of unbranched alkanes of at least 4 members (excludes halogenated alkanes) is 17. The quantitative estimate of drug-likeness (QED) is 0.0267. The van der Waals surface area contributed by atoms with Crippen molar-refractivity contribution in [2.24, 2.45) is 0 Å². The predicted molar refractivity (Wildman–Crippen MR) is 238 cm³/mol. The van der Waals surface area contributed by atoms with Gasteiger partial charge in [0.25, 0.3) is 0 Å². The third-order valence-corrected chi connectivity index (χ3v) is 9.41. The second kappa shape index (κ2) is 44.6. The van der Waals surface area contributed by atoms with Crippen molar-refractivity contribution >= 4 is 17.9 Å². The molecular weight excluding hydrogens is 697 g/mol. The van der Waals surface area contributed by atoms with Crippen molar-refractivity contribution in [3.8, 4) is 0 Å². The Morgan fingerprint density at radius 2 is 0.732 bits per heavy atom. The maximum absolute atomic E-state index is 12.7. The van der Waals surface area contributed by atoms with E-state index < -0.39 is 6.10 Å². The molecule has 56 heavy (non-hydrogen) atoms. The molecular formula is C50H84O6. The topological polar surface area (TPSA) is 78.9 Å². The zero-order valence-corrected chi connectivity index (χ0v) is 36.4. The third-order valence-electron chi connectivity index (χ3n) is 9.41. The Hall–Kier alpha value is -3.15. The molecule has 0 rings (SSSR count). The van der Waals surface area contributed by atoms with Gasteiger partial charge in [0.05, 0.1) is 0 Å². The minimum atomic E-state index is -0.795. The number of carbonyl (C=O) groups is 3. The van der Waals surface area contributed by atoms with Gasteiger partial charge in [0.2, 0.25) is 0 Å². The lowest BCUT2D eigenvalue weighted by Crippen LogP contribution is -2.30. The van der Waals surface area contributed by atoms with E-state index in [1.807, 2.05) is 0 Å². The fourth-order valence-electron chi connectivity index (χ4n) is 5.94. The summed E-state index contributed by atoms with van der Waals surface area (Å²) in [5, 5.41) is 0. The molecule has 0 radical (unpaired) electrons. The largest absolute Gasteiger partial charge is 0.462 e. The van der Waals surface area contributed by atoms with Crippen LogP contribution in [-0.2, 0) is 28.6 Å². The number of esters is 3. The minimum absolute atomic E-state index is 0.0969. The molecule has 0 fully saturated rings. The van der Waals surface area contributed by atoms with Gasteiger partial charge >= 0.3 is 17.9 Å². The first-order valence-electron chi connectivity index (χ1n) is 22.9. The van der Waals surface area contributed by atoms with Gasteiger partial charge in [-0.1, -0.05) is 164 Å². The first-order valence-corrected chi connectivity index (χ1v) is 22.9. The Morgan fingerprint density at radius 1 is 0.375 bits per heavy atom. The summed E-state index contributed by atoms with van der Waals surface area (Å²) in [6, 6.07) is 0. The first kappa shape index (κ1) is 52.9. The monoisotopic (exact) mass is 781 g/mol. The lowest BCUT2D eigenvalue weighted by atomic mass is 10.1. The van der Waals surface area contributed by atoms with E-state index in [1.54, 1.807) is 0 Å². The van der Waals surface area contributed by atoms with E-state index in [9.17, 15) is 14.4 Å². The average molecular weight is 781 g/mol. The standard InChI is InChI=1S/C50H84O6/c1-4-7-10-13-16-19-21-22-23-24-25-26-27-28-29-32-34-37-40-43-49(52)55-46-47(45-54-48(51)42-39-36-33-30-18-15-12-9-6-3)56-50(53)44-41-38-35-31-20-17-14-11-8-5-2/h7,10,14,16-17,19,22-23,25-26,30,33,47H,4-6,8-9,11-13,15,18,20-21,24,27-29,31-32,34-46H2,1-3H3/b10-7-,17-14-,19-16-,23-22-,26-25-,33-30-. The highest BCUT2D eigenvalue weighted by atomic mass is 16.6. The highest BCUT2D eigenvalue weighted by molar-refractivity contribution is 5.71. The lowest BCUT2D eigenvalue weighted by Gasteiger charge is -2.18. The molecule has 0 spiro atoms. The zero-order chi connectivity index (χ0) is 40.8. The fourth-order valence-corrected chi connectivity index (χ4v) is 5.94. The summed E-state index contributed by atoms with van der Waals surface area (Å²) in [5.41, 5.74) is 0. The molecule has 0 aliphatic heterocycles. The van der Waals surface area contributed by atoms with Gasteiger partial charge in [0.15, 0.2) is 6.10 Å². The summed E-state index contributed by atoms with van der Waals surface area (Å²) in [6.45, 7) is 6.38. The number of allylic oxidation sites excluding steroid dienone is 12. The summed E-state index contributed by atoms with van der Waals surface area (Å²) >= 11 is 0. The van der Waals surface area contributed by atoms with E-state index in [0.29, 0.717) is 25.7 Å². The van der Waals surface area contributed by atoms with Gasteiger partial charge in [0, 0.05) is 19.3 Å². The Bertz CT molecular complexity index is 1080. The molecule has 6 nitrogen and oxygen atoms in total. The van der Waals surface area contributed by atoms with Gasteiger partial charge in [-0.3, -0.25) is 14.4 Å². The van der Waals surface area contributed by atoms with E-state index in [0.717, 1.165) is 109 Å². The molecule has 0 amide bonds. The maximum atomic E-state index is 12.7. The molecule has 0 aromatic rings. The molecule has 0 aliphatic rings. The fraction of sp³-hybridized carbons (Fsp3) is 0.700. The van der Waals surface area contributed by atoms with Crippen molar-refractivity contribution in [1.82, 2.24) is 0 Å². The highest BCUT2D eigenvalue weighted by Gasteiger charge is 2.19. The Morgan fingerprint density at radius 3 is 1.23 bits per heavy atom. The molecule has 0 saturated carbocycles. The smallest absolute Gasteiger partial charge is 0.306 e. The third kappa shape index (κ3) is 42.0. The van der Waals surface area contributed by atoms with Gasteiger partial charge in [-0.15, -0.1) is 0 Å². The highest BCUT2D eigenvalue weighted by Crippen LogP contribution is 2.12. The Labute approximate surface area is 344 Å². The van der Waals surface area contributed by atoms with Crippen LogP contribution >= 0.6 is 0 Å². The lowest BCUT2D eigenvalue weighted by molar-refractivity contribution is -0.167. The van der Waals surface area contributed by atoms with Crippen LogP contribution < -0.4 is 0 Å². The van der Waals surface area contributed by atoms with Gasteiger partial charge in [-0.25, -0.2) is 0 Å². The van der Waals surface area contributed by atoms with Crippen molar-refractivity contribution in [2.45, 2.75) is 213 Å². The van der Waals surface area contributed by atoms with Crippen molar-refractivity contribution < 1.29 is 28.6 Å². The predicted octanol–water partition coefficient (Wildman–Crippen LogP) is 14.7. The van der Waals surface area contributed by atoms with Crippen LogP contribution in [0, 0.1) is 0 Å². The van der Waals surface area contributed by atoms with Gasteiger partial charge in [-0.05, 0) is 96.3 Å². The van der Waals surface area contributed by atoms with Gasteiger partial charge in [-0.2, -0.15) is 0 Å². The van der Waals surface area contributed by atoms with E-state index >= 15 is 0 Å². The molecule has 0 heterocycles. The molecule has 0 aromatic carbocycles. The Kier molecular flexibility index (Phi) is 42.1. The van der Waals surface area contributed by atoms with Crippen LogP contribution in [-0.4, -0.2) is 37.2 Å². The molecule has 0 aromatic heterocycles. The van der Waals surface area contributed by atoms with Crippen molar-refractivity contribution in [3.05, 3.63) is 72.9 Å². The molecule has 0 saturated heterocycles. The second-order valence-corrected chi connectivity index (χ2v) is 14.9. The zero-order valence-electron chi connectivity index (χ0n) is 36.4. The summed E-state index contributed by atoms with van der Waals surface area (Å²) < 4.78 is 16.6. The minimum Gasteiger partial charge on any atom is -0.462 e. The SMILES string of the molecule is CC/C=C\C/C=C\C/C=C\C/C=C\CCCCCCCCC(=O)OCC(COC(=O)CCC/C=C\CCCCCC)OC(=O)CCCCCC/C=C\CCCC. The maximum Gasteiger partial charge on any atom is 0.306 e. The molecule has 0 aliphatic carbocycles. The van der Waals surface area contributed by atoms with E-state index in [2.05, 4.69) is 93.7 Å². The van der Waals surface area contributed by atoms with Crippen molar-refractivity contribution in [3.63, 3.8) is 0 Å². The van der Waals surface area contributed by atoms with Crippen LogP contribution in [0.4, 0.5) is 0 Å². The second-order valence-electron chi connectivity index (χ2n) is 14.9. The van der Waals surface area contributed by atoms with Gasteiger partial charge in [0.1, 0.15) is 13.2 Å². The van der Waals surface area contributed by atoms with E-state index in [1.165, 1.54) is 51.4 Å². The number of rotatable bonds is 40. The molecule has 1 unspecified atom stereocenters. The Balaban J connectivity index is 4.35. The summed E-state index contributed by atoms with van der Waals surface area (Å²) in [5.74, 6) is -0.967. The van der Waals surface area contributed by atoms with Crippen LogP contribution in [0.15, 0.2) is 72.9 Å². The molecule has 6 heteroatoms. The summed E-state index contributed by atoms with van der Waals surface area (Å²) in [6.07, 6.45) is 54.7. The van der Waals surface area contributed by atoms with Crippen molar-refractivity contribution in [2.75, 3.05) is 13.2 Å². The molecule has 0 N–H and O–H groups in total. The van der Waals surface area contributed by atoms with Crippen LogP contribution in [0.1, 0.15) is 207 Å². The number of ether oxygens (including phenoxy) is 3. The number of hydrogen-bond donors (Lipinski definition) is 0. The van der Waals surface area contributed by atoms with Crippen LogP contribution in [0.2, 0.25) is 0 Å². The molecule has 320 valence electrons. The van der Waals surface area contributed by atoms with Crippen molar-refractivity contribution in [1.29, 1.82) is 0 Å². The van der Waals surface area contributed by atoms with Crippen LogP contribution in [0.5, 0.6) is 0 Å². The van der Waals surface area contributed by atoms with E-state index in [4.69, 9.17) is 14.2 Å².